The Kier molecular flexibility index (Phi) is 7.67. The highest BCUT2D eigenvalue weighted by Crippen LogP contribution is 2.26. The van der Waals surface area contributed by atoms with Gasteiger partial charge in [0.05, 0.1) is 24.2 Å². The largest absolute Gasteiger partial charge is 0.493 e. The highest BCUT2D eigenvalue weighted by molar-refractivity contribution is 7.92. The zero-order valence-electron chi connectivity index (χ0n) is 17.4. The van der Waals surface area contributed by atoms with Crippen LogP contribution in [0.3, 0.4) is 0 Å². The minimum Gasteiger partial charge on any atom is -0.493 e. The van der Waals surface area contributed by atoms with Crippen molar-refractivity contribution in [3.63, 3.8) is 0 Å². The lowest BCUT2D eigenvalue weighted by Gasteiger charge is -2.24. The third kappa shape index (κ3) is 5.55. The molecule has 0 fully saturated rings. The van der Waals surface area contributed by atoms with Gasteiger partial charge >= 0.3 is 0 Å². The van der Waals surface area contributed by atoms with Crippen molar-refractivity contribution in [2.45, 2.75) is 4.90 Å². The van der Waals surface area contributed by atoms with Gasteiger partial charge < -0.3 is 14.8 Å². The molecule has 0 aromatic heterocycles. The van der Waals surface area contributed by atoms with Gasteiger partial charge in [0.25, 0.3) is 10.0 Å². The Morgan fingerprint density at radius 2 is 1.56 bits per heavy atom. The summed E-state index contributed by atoms with van der Waals surface area (Å²) in [5.74, 6) is -0.280. The average molecular weight is 459 g/mol. The number of para-hydroxylation sites is 3. The van der Waals surface area contributed by atoms with Crippen LogP contribution in [0.4, 0.5) is 10.1 Å². The number of halogens is 1. The number of ether oxygens (including phenoxy) is 2. The Hall–Kier alpha value is -3.59. The molecular formula is C23H23FN2O5S. The molecule has 3 rings (SSSR count). The fourth-order valence-corrected chi connectivity index (χ4v) is 4.40. The summed E-state index contributed by atoms with van der Waals surface area (Å²) in [4.78, 5) is 12.5. The summed E-state index contributed by atoms with van der Waals surface area (Å²) < 4.78 is 52.3. The van der Waals surface area contributed by atoms with Crippen molar-refractivity contribution in [2.24, 2.45) is 0 Å². The standard InChI is InChI=1S/C23H23FN2O5S/c1-30-21-13-7-8-14-22(21)31-16-15-25-23(27)17-26(20-12-6-5-11-19(20)24)32(28,29)18-9-3-2-4-10-18/h2-14H,15-17H2,1H3,(H,25,27). The number of carbonyl (C=O) groups excluding carboxylic acids is 1. The van der Waals surface area contributed by atoms with E-state index in [2.05, 4.69) is 5.32 Å². The Morgan fingerprint density at radius 1 is 0.938 bits per heavy atom. The first-order valence-electron chi connectivity index (χ1n) is 9.78. The van der Waals surface area contributed by atoms with Crippen LogP contribution in [0.1, 0.15) is 0 Å². The number of rotatable bonds is 10. The minimum absolute atomic E-state index is 0.0458. The number of hydrogen-bond donors (Lipinski definition) is 1. The zero-order valence-corrected chi connectivity index (χ0v) is 18.2. The molecule has 168 valence electrons. The third-order valence-corrected chi connectivity index (χ3v) is 6.26. The third-order valence-electron chi connectivity index (χ3n) is 4.49. The number of amides is 1. The molecule has 0 radical (unpaired) electrons. The first kappa shape index (κ1) is 23.1. The van der Waals surface area contributed by atoms with Crippen molar-refractivity contribution in [3.8, 4) is 11.5 Å². The molecule has 9 heteroatoms. The van der Waals surface area contributed by atoms with Gasteiger partial charge in [-0.05, 0) is 36.4 Å². The SMILES string of the molecule is COc1ccccc1OCCNC(=O)CN(c1ccccc1F)S(=O)(=O)c1ccccc1. The molecule has 7 nitrogen and oxygen atoms in total. The summed E-state index contributed by atoms with van der Waals surface area (Å²) >= 11 is 0. The van der Waals surface area contributed by atoms with Crippen LogP contribution in [0.2, 0.25) is 0 Å². The predicted molar refractivity (Wildman–Crippen MR) is 119 cm³/mol. The van der Waals surface area contributed by atoms with Crippen LogP contribution in [0.5, 0.6) is 11.5 Å². The summed E-state index contributed by atoms with van der Waals surface area (Å²) in [6.45, 7) is -0.336. The first-order chi connectivity index (χ1) is 15.4. The van der Waals surface area contributed by atoms with Gasteiger partial charge in [-0.3, -0.25) is 9.10 Å². The molecule has 0 saturated carbocycles. The van der Waals surface area contributed by atoms with E-state index in [1.54, 1.807) is 42.5 Å². The lowest BCUT2D eigenvalue weighted by atomic mass is 10.3. The van der Waals surface area contributed by atoms with Crippen LogP contribution in [0.15, 0.2) is 83.8 Å². The molecule has 32 heavy (non-hydrogen) atoms. The maximum atomic E-state index is 14.4. The predicted octanol–water partition coefficient (Wildman–Crippen LogP) is 3.22. The van der Waals surface area contributed by atoms with Crippen molar-refractivity contribution in [3.05, 3.63) is 84.7 Å². The molecule has 3 aromatic carbocycles. The summed E-state index contributed by atoms with van der Waals surface area (Å²) in [6, 6.07) is 20.0. The highest BCUT2D eigenvalue weighted by Gasteiger charge is 2.28. The van der Waals surface area contributed by atoms with Crippen LogP contribution >= 0.6 is 0 Å². The van der Waals surface area contributed by atoms with Crippen molar-refractivity contribution in [2.75, 3.05) is 31.1 Å². The van der Waals surface area contributed by atoms with E-state index >= 15 is 0 Å². The van der Waals surface area contributed by atoms with Gasteiger partial charge in [-0.25, -0.2) is 12.8 Å². The second-order valence-corrected chi connectivity index (χ2v) is 8.49. The second-order valence-electron chi connectivity index (χ2n) is 6.63. The number of benzene rings is 3. The van der Waals surface area contributed by atoms with E-state index in [0.717, 1.165) is 10.4 Å². The van der Waals surface area contributed by atoms with Crippen LogP contribution in [0, 0.1) is 5.82 Å². The van der Waals surface area contributed by atoms with Gasteiger partial charge in [-0.15, -0.1) is 0 Å². The fourth-order valence-electron chi connectivity index (χ4n) is 2.95. The van der Waals surface area contributed by atoms with Crippen LogP contribution < -0.4 is 19.1 Å². The topological polar surface area (TPSA) is 84.9 Å². The quantitative estimate of drug-likeness (QED) is 0.472. The Labute approximate surface area is 186 Å². The maximum absolute atomic E-state index is 14.4. The van der Waals surface area contributed by atoms with Crippen LogP contribution in [-0.2, 0) is 14.8 Å². The van der Waals surface area contributed by atoms with Crippen molar-refractivity contribution < 1.29 is 27.1 Å². The lowest BCUT2D eigenvalue weighted by Crippen LogP contribution is -2.42. The summed E-state index contributed by atoms with van der Waals surface area (Å²) in [6.07, 6.45) is 0. The van der Waals surface area contributed by atoms with E-state index in [1.807, 2.05) is 0 Å². The van der Waals surface area contributed by atoms with Crippen LogP contribution in [0.25, 0.3) is 0 Å². The number of nitrogens with zero attached hydrogens (tertiary/aromatic N) is 1. The molecule has 0 bridgehead atoms. The lowest BCUT2D eigenvalue weighted by molar-refractivity contribution is -0.119. The summed E-state index contributed by atoms with van der Waals surface area (Å²) in [5.41, 5.74) is -0.211. The highest BCUT2D eigenvalue weighted by atomic mass is 32.2. The second kappa shape index (κ2) is 10.6. The number of sulfonamides is 1. The zero-order chi connectivity index (χ0) is 23.0. The van der Waals surface area contributed by atoms with Crippen molar-refractivity contribution in [1.29, 1.82) is 0 Å². The molecule has 0 saturated heterocycles. The smallest absolute Gasteiger partial charge is 0.264 e. The Balaban J connectivity index is 1.70. The van der Waals surface area contributed by atoms with Crippen molar-refractivity contribution in [1.82, 2.24) is 5.32 Å². The van der Waals surface area contributed by atoms with Gasteiger partial charge in [0.15, 0.2) is 11.5 Å². The first-order valence-corrected chi connectivity index (χ1v) is 11.2. The molecular weight excluding hydrogens is 435 g/mol. The van der Waals surface area contributed by atoms with Gasteiger partial charge in [0.1, 0.15) is 19.0 Å². The number of methoxy groups -OCH3 is 1. The molecule has 0 atom stereocenters. The van der Waals surface area contributed by atoms with E-state index in [9.17, 15) is 17.6 Å². The molecule has 3 aromatic rings. The molecule has 1 amide bonds. The molecule has 0 heterocycles. The van der Waals surface area contributed by atoms with Gasteiger partial charge in [-0.1, -0.05) is 42.5 Å². The number of nitrogens with one attached hydrogen (secondary N) is 1. The number of anilines is 1. The van der Waals surface area contributed by atoms with Crippen molar-refractivity contribution >= 4 is 21.6 Å². The van der Waals surface area contributed by atoms with E-state index in [0.29, 0.717) is 11.5 Å². The van der Waals surface area contributed by atoms with Gasteiger partial charge in [-0.2, -0.15) is 0 Å². The molecule has 0 aliphatic heterocycles. The number of hydrogen-bond acceptors (Lipinski definition) is 5. The summed E-state index contributed by atoms with van der Waals surface area (Å²) in [7, 11) is -2.65. The van der Waals surface area contributed by atoms with E-state index in [-0.39, 0.29) is 23.7 Å². The fraction of sp³-hybridized carbons (Fsp3) is 0.174. The Bertz CT molecular complexity index is 1160. The minimum atomic E-state index is -4.17. The van der Waals surface area contributed by atoms with E-state index < -0.39 is 28.3 Å². The van der Waals surface area contributed by atoms with Crippen LogP contribution in [-0.4, -0.2) is 41.1 Å². The molecule has 0 unspecified atom stereocenters. The molecule has 1 N–H and O–H groups in total. The molecule has 0 spiro atoms. The maximum Gasteiger partial charge on any atom is 0.264 e. The average Bonchev–Trinajstić information content (AvgIpc) is 2.81. The van der Waals surface area contributed by atoms with E-state index in [1.165, 1.54) is 37.4 Å². The normalized spacial score (nSPS) is 10.9. The van der Waals surface area contributed by atoms with Gasteiger partial charge in [0.2, 0.25) is 5.91 Å². The van der Waals surface area contributed by atoms with E-state index in [4.69, 9.17) is 9.47 Å². The summed E-state index contributed by atoms with van der Waals surface area (Å²) in [5, 5.41) is 2.60. The Morgan fingerprint density at radius 3 is 2.25 bits per heavy atom. The monoisotopic (exact) mass is 458 g/mol. The van der Waals surface area contributed by atoms with Gasteiger partial charge in [0, 0.05) is 0 Å². The molecule has 0 aliphatic rings. The molecule has 0 aliphatic carbocycles. The number of carbonyl (C=O) groups is 1.